The maximum Gasteiger partial charge on any atom is 0.115 e. The molecule has 0 fully saturated rings. The van der Waals surface area contributed by atoms with E-state index >= 15 is 0 Å². The van der Waals surface area contributed by atoms with Crippen molar-refractivity contribution in [3.05, 3.63) is 29.8 Å². The molecule has 0 heterocycles. The highest BCUT2D eigenvalue weighted by Gasteiger charge is 1.94. The van der Waals surface area contributed by atoms with Crippen LogP contribution < -0.4 is 0 Å². The number of hydrogen-bond donors (Lipinski definition) is 1. The summed E-state index contributed by atoms with van der Waals surface area (Å²) in [6, 6.07) is 7.40. The molecular formula is C14H22O2. The van der Waals surface area contributed by atoms with Crippen LogP contribution >= 0.6 is 0 Å². The van der Waals surface area contributed by atoms with Crippen LogP contribution in [0.1, 0.15) is 38.2 Å². The summed E-state index contributed by atoms with van der Waals surface area (Å²) in [7, 11) is 0. The monoisotopic (exact) mass is 222 g/mol. The maximum atomic E-state index is 9.12. The SMILES string of the molecule is CCCCCOCCCc1ccc(O)cc1. The second-order valence-corrected chi connectivity index (χ2v) is 4.09. The Balaban J connectivity index is 2.01. The van der Waals surface area contributed by atoms with Crippen molar-refractivity contribution < 1.29 is 9.84 Å². The Morgan fingerprint density at radius 2 is 1.69 bits per heavy atom. The molecule has 0 radical (unpaired) electrons. The van der Waals surface area contributed by atoms with Crippen molar-refractivity contribution >= 4 is 0 Å². The summed E-state index contributed by atoms with van der Waals surface area (Å²) in [6.07, 6.45) is 5.76. The Morgan fingerprint density at radius 1 is 1.00 bits per heavy atom. The zero-order valence-electron chi connectivity index (χ0n) is 10.1. The van der Waals surface area contributed by atoms with Gasteiger partial charge < -0.3 is 9.84 Å². The van der Waals surface area contributed by atoms with Crippen LogP contribution in [0, 0.1) is 0 Å². The van der Waals surface area contributed by atoms with Gasteiger partial charge in [-0.1, -0.05) is 31.9 Å². The van der Waals surface area contributed by atoms with Crippen LogP contribution in [0.15, 0.2) is 24.3 Å². The van der Waals surface area contributed by atoms with Crippen molar-refractivity contribution in [1.29, 1.82) is 0 Å². The van der Waals surface area contributed by atoms with Gasteiger partial charge >= 0.3 is 0 Å². The topological polar surface area (TPSA) is 29.5 Å². The third-order valence-electron chi connectivity index (χ3n) is 2.58. The third kappa shape index (κ3) is 5.76. The number of rotatable bonds is 8. The van der Waals surface area contributed by atoms with Crippen molar-refractivity contribution in [3.8, 4) is 5.75 Å². The van der Waals surface area contributed by atoms with Crippen molar-refractivity contribution in [2.45, 2.75) is 39.0 Å². The molecule has 0 aliphatic rings. The lowest BCUT2D eigenvalue weighted by Crippen LogP contribution is -1.98. The second kappa shape index (κ2) is 8.17. The molecule has 0 unspecified atom stereocenters. The fourth-order valence-corrected chi connectivity index (χ4v) is 1.60. The van der Waals surface area contributed by atoms with E-state index in [4.69, 9.17) is 9.84 Å². The van der Waals surface area contributed by atoms with E-state index in [2.05, 4.69) is 6.92 Å². The van der Waals surface area contributed by atoms with Gasteiger partial charge in [0, 0.05) is 13.2 Å². The molecule has 2 heteroatoms. The van der Waals surface area contributed by atoms with Gasteiger partial charge in [0.1, 0.15) is 5.75 Å². The molecule has 1 aromatic carbocycles. The number of phenolic OH excluding ortho intramolecular Hbond substituents is 1. The summed E-state index contributed by atoms with van der Waals surface area (Å²) < 4.78 is 5.53. The zero-order chi connectivity index (χ0) is 11.6. The van der Waals surface area contributed by atoms with Crippen LogP contribution in [0.4, 0.5) is 0 Å². The Labute approximate surface area is 98.3 Å². The molecule has 0 spiro atoms. The standard InChI is InChI=1S/C14H22O2/c1-2-3-4-11-16-12-5-6-13-7-9-14(15)10-8-13/h7-10,15H,2-6,11-12H2,1H3. The fraction of sp³-hybridized carbons (Fsp3) is 0.571. The van der Waals surface area contributed by atoms with Gasteiger partial charge in [-0.25, -0.2) is 0 Å². The molecule has 1 aromatic rings. The van der Waals surface area contributed by atoms with Gasteiger partial charge in [-0.05, 0) is 37.0 Å². The van der Waals surface area contributed by atoms with E-state index in [0.717, 1.165) is 26.1 Å². The number of aromatic hydroxyl groups is 1. The normalized spacial score (nSPS) is 10.6. The van der Waals surface area contributed by atoms with E-state index in [1.54, 1.807) is 12.1 Å². The van der Waals surface area contributed by atoms with E-state index < -0.39 is 0 Å². The first kappa shape index (κ1) is 13.0. The number of aryl methyl sites for hydroxylation is 1. The van der Waals surface area contributed by atoms with E-state index in [1.165, 1.54) is 24.8 Å². The van der Waals surface area contributed by atoms with Crippen molar-refractivity contribution in [1.82, 2.24) is 0 Å². The van der Waals surface area contributed by atoms with Crippen LogP contribution in [0.25, 0.3) is 0 Å². The van der Waals surface area contributed by atoms with E-state index in [9.17, 15) is 0 Å². The minimum absolute atomic E-state index is 0.333. The first-order chi connectivity index (χ1) is 7.83. The first-order valence-corrected chi connectivity index (χ1v) is 6.18. The van der Waals surface area contributed by atoms with E-state index in [0.29, 0.717) is 5.75 Å². The Morgan fingerprint density at radius 3 is 2.38 bits per heavy atom. The highest BCUT2D eigenvalue weighted by molar-refractivity contribution is 5.25. The molecule has 0 bridgehead atoms. The zero-order valence-corrected chi connectivity index (χ0v) is 10.1. The molecule has 1 rings (SSSR count). The van der Waals surface area contributed by atoms with Gasteiger partial charge in [0.25, 0.3) is 0 Å². The predicted molar refractivity (Wildman–Crippen MR) is 66.8 cm³/mol. The molecular weight excluding hydrogens is 200 g/mol. The summed E-state index contributed by atoms with van der Waals surface area (Å²) in [5.41, 5.74) is 1.26. The average Bonchev–Trinajstić information content (AvgIpc) is 2.30. The largest absolute Gasteiger partial charge is 0.508 e. The number of benzene rings is 1. The minimum Gasteiger partial charge on any atom is -0.508 e. The smallest absolute Gasteiger partial charge is 0.115 e. The molecule has 0 saturated carbocycles. The third-order valence-corrected chi connectivity index (χ3v) is 2.58. The van der Waals surface area contributed by atoms with Crippen LogP contribution in [-0.4, -0.2) is 18.3 Å². The molecule has 90 valence electrons. The molecule has 0 aromatic heterocycles. The van der Waals surface area contributed by atoms with E-state index in [1.807, 2.05) is 12.1 Å². The van der Waals surface area contributed by atoms with Crippen molar-refractivity contribution in [2.24, 2.45) is 0 Å². The average molecular weight is 222 g/mol. The minimum atomic E-state index is 0.333. The molecule has 0 aliphatic heterocycles. The molecule has 0 aliphatic carbocycles. The Kier molecular flexibility index (Phi) is 6.66. The van der Waals surface area contributed by atoms with Gasteiger partial charge in [-0.15, -0.1) is 0 Å². The van der Waals surface area contributed by atoms with E-state index in [-0.39, 0.29) is 0 Å². The number of unbranched alkanes of at least 4 members (excludes halogenated alkanes) is 2. The highest BCUT2D eigenvalue weighted by atomic mass is 16.5. The molecule has 0 atom stereocenters. The van der Waals surface area contributed by atoms with Crippen molar-refractivity contribution in [3.63, 3.8) is 0 Å². The lowest BCUT2D eigenvalue weighted by Gasteiger charge is -2.04. The second-order valence-electron chi connectivity index (χ2n) is 4.09. The molecule has 0 amide bonds. The summed E-state index contributed by atoms with van der Waals surface area (Å²) in [5, 5.41) is 9.12. The lowest BCUT2D eigenvalue weighted by molar-refractivity contribution is 0.128. The Bertz CT molecular complexity index is 267. The Hall–Kier alpha value is -1.02. The molecule has 16 heavy (non-hydrogen) atoms. The first-order valence-electron chi connectivity index (χ1n) is 6.18. The summed E-state index contributed by atoms with van der Waals surface area (Å²) >= 11 is 0. The van der Waals surface area contributed by atoms with Crippen LogP contribution in [-0.2, 0) is 11.2 Å². The summed E-state index contributed by atoms with van der Waals surface area (Å²) in [6.45, 7) is 3.93. The molecule has 1 N–H and O–H groups in total. The maximum absolute atomic E-state index is 9.12. The fourth-order valence-electron chi connectivity index (χ4n) is 1.60. The van der Waals surface area contributed by atoms with Crippen LogP contribution in [0.2, 0.25) is 0 Å². The van der Waals surface area contributed by atoms with Gasteiger partial charge in [-0.2, -0.15) is 0 Å². The molecule has 2 nitrogen and oxygen atoms in total. The predicted octanol–water partition coefficient (Wildman–Crippen LogP) is 3.53. The summed E-state index contributed by atoms with van der Waals surface area (Å²) in [5.74, 6) is 0.333. The van der Waals surface area contributed by atoms with Gasteiger partial charge in [0.05, 0.1) is 0 Å². The highest BCUT2D eigenvalue weighted by Crippen LogP contribution is 2.11. The molecule has 0 saturated heterocycles. The van der Waals surface area contributed by atoms with Crippen molar-refractivity contribution in [2.75, 3.05) is 13.2 Å². The van der Waals surface area contributed by atoms with Crippen LogP contribution in [0.3, 0.4) is 0 Å². The van der Waals surface area contributed by atoms with Gasteiger partial charge in [0.15, 0.2) is 0 Å². The lowest BCUT2D eigenvalue weighted by atomic mass is 10.1. The summed E-state index contributed by atoms with van der Waals surface area (Å²) in [4.78, 5) is 0. The van der Waals surface area contributed by atoms with Crippen LogP contribution in [0.5, 0.6) is 5.75 Å². The number of phenols is 1. The number of hydrogen-bond acceptors (Lipinski definition) is 2. The quantitative estimate of drug-likeness (QED) is 0.682. The van der Waals surface area contributed by atoms with Gasteiger partial charge in [0.2, 0.25) is 0 Å². The van der Waals surface area contributed by atoms with Gasteiger partial charge in [-0.3, -0.25) is 0 Å². The number of ether oxygens (including phenoxy) is 1.